The first kappa shape index (κ1) is 7.94. The third kappa shape index (κ3) is 1.46. The van der Waals surface area contributed by atoms with Crippen LogP contribution in [0.4, 0.5) is 0 Å². The van der Waals surface area contributed by atoms with Crippen LogP contribution in [0.2, 0.25) is 0 Å². The third-order valence-corrected chi connectivity index (χ3v) is 1.35. The average Bonchev–Trinajstić information content (AvgIpc) is 2.06. The van der Waals surface area contributed by atoms with Crippen LogP contribution in [0, 0.1) is 0 Å². The normalized spacial score (nSPS) is 24.6. The molecule has 4 heteroatoms. The van der Waals surface area contributed by atoms with Gasteiger partial charge in [0.05, 0.1) is 13.2 Å². The average molecular weight is 148 g/mol. The van der Waals surface area contributed by atoms with E-state index < -0.39 is 6.16 Å². The highest BCUT2D eigenvalue weighted by molar-refractivity contribution is 4.47. The molecule has 0 radical (unpaired) electrons. The Morgan fingerprint density at radius 3 is 1.90 bits per heavy atom. The van der Waals surface area contributed by atoms with E-state index in [9.17, 15) is 0 Å². The lowest BCUT2D eigenvalue weighted by Crippen LogP contribution is -2.43. The Bertz CT molecular complexity index is 91.9. The second-order valence-corrected chi connectivity index (χ2v) is 1.96. The Labute approximate surface area is 60.0 Å². The maximum Gasteiger partial charge on any atom is 0.412 e. The molecule has 1 fully saturated rings. The van der Waals surface area contributed by atoms with Crippen molar-refractivity contribution < 1.29 is 18.9 Å². The van der Waals surface area contributed by atoms with Crippen molar-refractivity contribution in [1.29, 1.82) is 0 Å². The van der Waals surface area contributed by atoms with Gasteiger partial charge < -0.3 is 18.9 Å². The smallest absolute Gasteiger partial charge is 0.307 e. The van der Waals surface area contributed by atoms with E-state index in [1.165, 1.54) is 14.2 Å². The van der Waals surface area contributed by atoms with Crippen molar-refractivity contribution in [2.24, 2.45) is 0 Å². The summed E-state index contributed by atoms with van der Waals surface area (Å²) in [5.41, 5.74) is 0. The fourth-order valence-corrected chi connectivity index (χ4v) is 0.814. The Hall–Kier alpha value is -0.160. The van der Waals surface area contributed by atoms with Gasteiger partial charge in [-0.25, -0.2) is 0 Å². The summed E-state index contributed by atoms with van der Waals surface area (Å²) in [5.74, 6) is 0. The first-order valence-electron chi connectivity index (χ1n) is 3.21. The fraction of sp³-hybridized carbons (Fsp3) is 1.00. The lowest BCUT2D eigenvalue weighted by Gasteiger charge is -2.32. The molecule has 10 heavy (non-hydrogen) atoms. The van der Waals surface area contributed by atoms with Gasteiger partial charge in [0, 0.05) is 14.2 Å². The van der Waals surface area contributed by atoms with Crippen LogP contribution in [0.25, 0.3) is 0 Å². The number of hydrogen-bond acceptors (Lipinski definition) is 4. The molecule has 0 aromatic rings. The van der Waals surface area contributed by atoms with Gasteiger partial charge in [0.25, 0.3) is 0 Å². The molecule has 4 nitrogen and oxygen atoms in total. The third-order valence-electron chi connectivity index (χ3n) is 1.35. The Kier molecular flexibility index (Phi) is 2.62. The molecule has 0 amide bonds. The van der Waals surface area contributed by atoms with E-state index in [4.69, 9.17) is 18.9 Å². The molecule has 0 saturated carbocycles. The molecule has 1 aliphatic heterocycles. The molecule has 0 aliphatic carbocycles. The minimum atomic E-state index is -1.24. The highest BCUT2D eigenvalue weighted by Gasteiger charge is 2.35. The molecule has 0 bridgehead atoms. The Balaban J connectivity index is 2.44. The van der Waals surface area contributed by atoms with Crippen molar-refractivity contribution in [2.75, 3.05) is 27.4 Å². The predicted octanol–water partition coefficient (Wildman–Crippen LogP) is 0.327. The van der Waals surface area contributed by atoms with Gasteiger partial charge in [-0.3, -0.25) is 0 Å². The van der Waals surface area contributed by atoms with Crippen LogP contribution in [-0.2, 0) is 18.9 Å². The largest absolute Gasteiger partial charge is 0.412 e. The monoisotopic (exact) mass is 148 g/mol. The molecule has 1 heterocycles. The van der Waals surface area contributed by atoms with E-state index in [0.717, 1.165) is 6.42 Å². The summed E-state index contributed by atoms with van der Waals surface area (Å²) in [7, 11) is 2.96. The minimum Gasteiger partial charge on any atom is -0.307 e. The lowest BCUT2D eigenvalue weighted by molar-refractivity contribution is -0.499. The quantitative estimate of drug-likeness (QED) is 0.529. The van der Waals surface area contributed by atoms with E-state index in [2.05, 4.69) is 0 Å². The molecular weight excluding hydrogens is 136 g/mol. The maximum atomic E-state index is 5.10. The summed E-state index contributed by atoms with van der Waals surface area (Å²) < 4.78 is 19.9. The summed E-state index contributed by atoms with van der Waals surface area (Å²) in [6.07, 6.45) is -0.354. The van der Waals surface area contributed by atoms with Crippen molar-refractivity contribution in [3.05, 3.63) is 0 Å². The fourth-order valence-electron chi connectivity index (χ4n) is 0.814. The van der Waals surface area contributed by atoms with Crippen molar-refractivity contribution in [2.45, 2.75) is 12.6 Å². The van der Waals surface area contributed by atoms with Crippen LogP contribution >= 0.6 is 0 Å². The summed E-state index contributed by atoms with van der Waals surface area (Å²) in [6, 6.07) is 0. The molecule has 1 rings (SSSR count). The van der Waals surface area contributed by atoms with Gasteiger partial charge in [0.1, 0.15) is 0 Å². The van der Waals surface area contributed by atoms with Gasteiger partial charge in [0.2, 0.25) is 0 Å². The summed E-state index contributed by atoms with van der Waals surface area (Å²) >= 11 is 0. The molecule has 60 valence electrons. The van der Waals surface area contributed by atoms with Crippen molar-refractivity contribution in [3.63, 3.8) is 0 Å². The maximum absolute atomic E-state index is 5.10. The van der Waals surface area contributed by atoms with Gasteiger partial charge in [-0.2, -0.15) is 0 Å². The number of ether oxygens (including phenoxy) is 4. The molecule has 0 unspecified atom stereocenters. The lowest BCUT2D eigenvalue weighted by atomic mass is 10.5. The van der Waals surface area contributed by atoms with Crippen LogP contribution in [0.1, 0.15) is 6.42 Å². The van der Waals surface area contributed by atoms with Crippen LogP contribution < -0.4 is 0 Å². The van der Waals surface area contributed by atoms with Crippen LogP contribution in [0.5, 0.6) is 0 Å². The first-order valence-corrected chi connectivity index (χ1v) is 3.21. The molecule has 0 aromatic heterocycles. The van der Waals surface area contributed by atoms with Crippen molar-refractivity contribution in [1.82, 2.24) is 0 Å². The SMILES string of the molecule is COC1(OC)OCCCO1. The Morgan fingerprint density at radius 1 is 1.10 bits per heavy atom. The molecule has 1 saturated heterocycles. The van der Waals surface area contributed by atoms with Crippen molar-refractivity contribution in [3.8, 4) is 0 Å². The van der Waals surface area contributed by atoms with E-state index in [-0.39, 0.29) is 0 Å². The molecule has 0 atom stereocenters. The molecule has 1 aliphatic rings. The van der Waals surface area contributed by atoms with E-state index in [1.54, 1.807) is 0 Å². The van der Waals surface area contributed by atoms with Gasteiger partial charge in [-0.15, -0.1) is 0 Å². The second kappa shape index (κ2) is 3.30. The zero-order chi connectivity index (χ0) is 7.45. The minimum absolute atomic E-state index is 0.613. The van der Waals surface area contributed by atoms with Gasteiger partial charge in [0.15, 0.2) is 0 Å². The van der Waals surface area contributed by atoms with Crippen LogP contribution in [-0.4, -0.2) is 33.6 Å². The molecule has 0 aromatic carbocycles. The Morgan fingerprint density at radius 2 is 1.60 bits per heavy atom. The van der Waals surface area contributed by atoms with Gasteiger partial charge in [-0.05, 0) is 6.42 Å². The zero-order valence-electron chi connectivity index (χ0n) is 6.25. The van der Waals surface area contributed by atoms with E-state index >= 15 is 0 Å². The summed E-state index contributed by atoms with van der Waals surface area (Å²) in [4.78, 5) is 0. The summed E-state index contributed by atoms with van der Waals surface area (Å²) in [6.45, 7) is 1.23. The van der Waals surface area contributed by atoms with Crippen molar-refractivity contribution >= 4 is 0 Å². The second-order valence-electron chi connectivity index (χ2n) is 1.96. The van der Waals surface area contributed by atoms with E-state index in [0.29, 0.717) is 13.2 Å². The highest BCUT2D eigenvalue weighted by Crippen LogP contribution is 2.19. The topological polar surface area (TPSA) is 36.9 Å². The van der Waals surface area contributed by atoms with E-state index in [1.807, 2.05) is 0 Å². The predicted molar refractivity (Wildman–Crippen MR) is 33.3 cm³/mol. The first-order chi connectivity index (χ1) is 4.83. The van der Waals surface area contributed by atoms with Crippen LogP contribution in [0.15, 0.2) is 0 Å². The van der Waals surface area contributed by atoms with Gasteiger partial charge in [-0.1, -0.05) is 0 Å². The van der Waals surface area contributed by atoms with Crippen LogP contribution in [0.3, 0.4) is 0 Å². The highest BCUT2D eigenvalue weighted by atomic mass is 17.0. The number of rotatable bonds is 2. The van der Waals surface area contributed by atoms with Gasteiger partial charge >= 0.3 is 6.16 Å². The number of methoxy groups -OCH3 is 2. The molecule has 0 N–H and O–H groups in total. The molecular formula is C6H12O4. The zero-order valence-corrected chi connectivity index (χ0v) is 6.25. The summed E-state index contributed by atoms with van der Waals surface area (Å²) in [5, 5.41) is 0. The standard InChI is InChI=1S/C6H12O4/c1-7-6(8-2)9-4-3-5-10-6/h3-5H2,1-2H3. The number of hydrogen-bond donors (Lipinski definition) is 0. The molecule has 0 spiro atoms.